The van der Waals surface area contributed by atoms with E-state index in [0.717, 1.165) is 9.80 Å². The Kier molecular flexibility index (Phi) is 4.92. The largest absolute Gasteiger partial charge is 0.480 e. The minimum Gasteiger partial charge on any atom is -0.480 e. The summed E-state index contributed by atoms with van der Waals surface area (Å²) in [4.78, 5) is 48.0. The molecule has 0 unspecified atom stereocenters. The summed E-state index contributed by atoms with van der Waals surface area (Å²) in [7, 11) is 0. The van der Waals surface area contributed by atoms with Crippen LogP contribution in [0.4, 0.5) is 4.79 Å². The van der Waals surface area contributed by atoms with Gasteiger partial charge in [0.2, 0.25) is 5.91 Å². The number of terminal acetylenes is 1. The summed E-state index contributed by atoms with van der Waals surface area (Å²) in [5.41, 5.74) is -1.00. The first-order valence-corrected chi connectivity index (χ1v) is 6.26. The van der Waals surface area contributed by atoms with Crippen molar-refractivity contribution in [2.75, 3.05) is 19.6 Å². The Morgan fingerprint density at radius 1 is 1.43 bits per heavy atom. The lowest BCUT2D eigenvalue weighted by Crippen LogP contribution is -2.41. The molecule has 0 aromatic carbocycles. The molecule has 1 saturated heterocycles. The van der Waals surface area contributed by atoms with E-state index in [1.54, 1.807) is 13.8 Å². The molecule has 1 aliphatic heterocycles. The van der Waals surface area contributed by atoms with E-state index < -0.39 is 35.9 Å². The van der Waals surface area contributed by atoms with Crippen LogP contribution in [-0.4, -0.2) is 63.9 Å². The van der Waals surface area contributed by atoms with E-state index in [-0.39, 0.29) is 19.5 Å². The molecule has 21 heavy (non-hydrogen) atoms. The van der Waals surface area contributed by atoms with Gasteiger partial charge in [0.25, 0.3) is 5.91 Å². The van der Waals surface area contributed by atoms with Crippen molar-refractivity contribution < 1.29 is 24.3 Å². The van der Waals surface area contributed by atoms with E-state index >= 15 is 0 Å². The van der Waals surface area contributed by atoms with Gasteiger partial charge in [-0.1, -0.05) is 5.92 Å². The first kappa shape index (κ1) is 16.5. The smallest absolute Gasteiger partial charge is 0.325 e. The van der Waals surface area contributed by atoms with Crippen molar-refractivity contribution in [3.8, 4) is 12.3 Å². The third kappa shape index (κ3) is 3.95. The van der Waals surface area contributed by atoms with Gasteiger partial charge >= 0.3 is 12.0 Å². The van der Waals surface area contributed by atoms with Crippen LogP contribution < -0.4 is 5.32 Å². The first-order valence-electron chi connectivity index (χ1n) is 6.26. The number of amides is 4. The van der Waals surface area contributed by atoms with Crippen LogP contribution in [0.3, 0.4) is 0 Å². The summed E-state index contributed by atoms with van der Waals surface area (Å²) in [5, 5.41) is 11.2. The molecule has 0 aliphatic carbocycles. The molecule has 0 aromatic rings. The number of hydrogen-bond donors (Lipinski definition) is 2. The summed E-state index contributed by atoms with van der Waals surface area (Å²) in [6, 6.07) is -0.570. The minimum atomic E-state index is -1.19. The van der Waals surface area contributed by atoms with E-state index in [0.29, 0.717) is 0 Å². The predicted molar refractivity (Wildman–Crippen MR) is 72.0 cm³/mol. The number of nitrogens with one attached hydrogen (secondary N) is 1. The zero-order valence-electron chi connectivity index (χ0n) is 11.9. The van der Waals surface area contributed by atoms with Crippen LogP contribution >= 0.6 is 0 Å². The van der Waals surface area contributed by atoms with Gasteiger partial charge in [-0.3, -0.25) is 19.3 Å². The highest BCUT2D eigenvalue weighted by atomic mass is 16.4. The van der Waals surface area contributed by atoms with Crippen LogP contribution in [-0.2, 0) is 14.4 Å². The van der Waals surface area contributed by atoms with Crippen molar-refractivity contribution in [3.63, 3.8) is 0 Å². The van der Waals surface area contributed by atoms with Gasteiger partial charge in [-0.2, -0.15) is 0 Å². The SMILES string of the molecule is C#CCN(CC(=O)O)C(=O)CCN1C(=O)NC(C)(C)C1=O. The van der Waals surface area contributed by atoms with Crippen LogP contribution in [0.5, 0.6) is 0 Å². The maximum atomic E-state index is 11.9. The van der Waals surface area contributed by atoms with Crippen molar-refractivity contribution in [1.82, 2.24) is 15.1 Å². The van der Waals surface area contributed by atoms with Crippen LogP contribution in [0.15, 0.2) is 0 Å². The molecule has 0 bridgehead atoms. The van der Waals surface area contributed by atoms with E-state index in [2.05, 4.69) is 11.2 Å². The molecule has 1 rings (SSSR count). The van der Waals surface area contributed by atoms with Gasteiger partial charge in [-0.05, 0) is 13.8 Å². The lowest BCUT2D eigenvalue weighted by Gasteiger charge is -2.20. The van der Waals surface area contributed by atoms with Gasteiger partial charge in [-0.15, -0.1) is 6.42 Å². The van der Waals surface area contributed by atoms with Crippen LogP contribution in [0.2, 0.25) is 0 Å². The molecule has 1 aliphatic rings. The number of rotatable bonds is 6. The Hall–Kier alpha value is -2.56. The molecular weight excluding hydrogens is 278 g/mol. The Balaban J connectivity index is 2.63. The van der Waals surface area contributed by atoms with Crippen LogP contribution in [0.25, 0.3) is 0 Å². The second kappa shape index (κ2) is 6.26. The molecule has 8 nitrogen and oxygen atoms in total. The second-order valence-corrected chi connectivity index (χ2v) is 5.11. The number of carbonyl (C=O) groups excluding carboxylic acids is 3. The van der Waals surface area contributed by atoms with Crippen molar-refractivity contribution in [1.29, 1.82) is 0 Å². The maximum Gasteiger partial charge on any atom is 0.325 e. The molecule has 8 heteroatoms. The van der Waals surface area contributed by atoms with Gasteiger partial charge in [0.15, 0.2) is 0 Å². The molecule has 1 heterocycles. The highest BCUT2D eigenvalue weighted by Gasteiger charge is 2.44. The number of aliphatic carboxylic acids is 1. The van der Waals surface area contributed by atoms with Crippen LogP contribution in [0.1, 0.15) is 20.3 Å². The Labute approximate surface area is 122 Å². The molecule has 0 radical (unpaired) electrons. The summed E-state index contributed by atoms with van der Waals surface area (Å²) in [6.07, 6.45) is 4.90. The molecular formula is C13H17N3O5. The quantitative estimate of drug-likeness (QED) is 0.495. The van der Waals surface area contributed by atoms with Crippen molar-refractivity contribution in [2.45, 2.75) is 25.8 Å². The zero-order valence-corrected chi connectivity index (χ0v) is 11.9. The number of imide groups is 1. The summed E-state index contributed by atoms with van der Waals surface area (Å²) in [5.74, 6) is 0.0533. The van der Waals surface area contributed by atoms with E-state index in [9.17, 15) is 19.2 Å². The monoisotopic (exact) mass is 295 g/mol. The number of nitrogens with zero attached hydrogens (tertiary/aromatic N) is 2. The maximum absolute atomic E-state index is 11.9. The van der Waals surface area contributed by atoms with E-state index in [4.69, 9.17) is 11.5 Å². The first-order chi connectivity index (χ1) is 9.69. The fourth-order valence-electron chi connectivity index (χ4n) is 1.89. The number of urea groups is 1. The van der Waals surface area contributed by atoms with Crippen LogP contribution in [0, 0.1) is 12.3 Å². The molecule has 114 valence electrons. The lowest BCUT2D eigenvalue weighted by atomic mass is 10.1. The summed E-state index contributed by atoms with van der Waals surface area (Å²) >= 11 is 0. The predicted octanol–water partition coefficient (Wildman–Crippen LogP) is -0.747. The molecule has 0 aromatic heterocycles. The second-order valence-electron chi connectivity index (χ2n) is 5.11. The van der Waals surface area contributed by atoms with Crippen molar-refractivity contribution in [2.24, 2.45) is 0 Å². The Morgan fingerprint density at radius 3 is 2.48 bits per heavy atom. The fraction of sp³-hybridized carbons (Fsp3) is 0.538. The van der Waals surface area contributed by atoms with E-state index in [1.165, 1.54) is 0 Å². The average Bonchev–Trinajstić information content (AvgIpc) is 2.55. The summed E-state index contributed by atoms with van der Waals surface area (Å²) in [6.45, 7) is 2.34. The molecule has 0 spiro atoms. The van der Waals surface area contributed by atoms with Gasteiger partial charge in [-0.25, -0.2) is 4.79 Å². The highest BCUT2D eigenvalue weighted by Crippen LogP contribution is 2.16. The molecule has 1 fully saturated rings. The third-order valence-electron chi connectivity index (χ3n) is 2.95. The van der Waals surface area contributed by atoms with Gasteiger partial charge in [0.1, 0.15) is 12.1 Å². The lowest BCUT2D eigenvalue weighted by molar-refractivity contribution is -0.144. The van der Waals surface area contributed by atoms with Gasteiger partial charge < -0.3 is 15.3 Å². The van der Waals surface area contributed by atoms with Gasteiger partial charge in [0, 0.05) is 13.0 Å². The Bertz CT molecular complexity index is 520. The van der Waals surface area contributed by atoms with Crippen molar-refractivity contribution in [3.05, 3.63) is 0 Å². The highest BCUT2D eigenvalue weighted by molar-refractivity contribution is 6.06. The molecule has 4 amide bonds. The average molecular weight is 295 g/mol. The molecule has 0 saturated carbocycles. The minimum absolute atomic E-state index is 0.117. The number of hydrogen-bond acceptors (Lipinski definition) is 4. The van der Waals surface area contributed by atoms with Gasteiger partial charge in [0.05, 0.1) is 6.54 Å². The number of carboxylic acid groups (broad SMARTS) is 1. The fourth-order valence-corrected chi connectivity index (χ4v) is 1.89. The third-order valence-corrected chi connectivity index (χ3v) is 2.95. The Morgan fingerprint density at radius 2 is 2.05 bits per heavy atom. The van der Waals surface area contributed by atoms with E-state index in [1.807, 2.05) is 0 Å². The summed E-state index contributed by atoms with van der Waals surface area (Å²) < 4.78 is 0. The zero-order chi connectivity index (χ0) is 16.2. The number of carbonyl (C=O) groups is 4. The topological polar surface area (TPSA) is 107 Å². The standard InChI is InChI=1S/C13H17N3O5/c1-4-6-15(8-10(18)19)9(17)5-7-16-11(20)13(2,3)14-12(16)21/h1H,5-8H2,2-3H3,(H,14,21)(H,18,19). The molecule has 2 N–H and O–H groups in total. The van der Waals surface area contributed by atoms with Crippen molar-refractivity contribution >= 4 is 23.8 Å². The number of carboxylic acids is 1. The normalized spacial score (nSPS) is 16.3. The molecule has 0 atom stereocenters.